The summed E-state index contributed by atoms with van der Waals surface area (Å²) in [6.45, 7) is 3.18. The number of esters is 1. The van der Waals surface area contributed by atoms with Gasteiger partial charge in [0.15, 0.2) is 5.78 Å². The third-order valence-electron chi connectivity index (χ3n) is 8.05. The summed E-state index contributed by atoms with van der Waals surface area (Å²) in [4.78, 5) is 71.2. The predicted molar refractivity (Wildman–Crippen MR) is 167 cm³/mol. The molecule has 3 aromatic rings. The van der Waals surface area contributed by atoms with E-state index in [1.165, 1.54) is 29.6 Å². The number of nitrogens with zero attached hydrogens (tertiary/aromatic N) is 4. The van der Waals surface area contributed by atoms with Crippen LogP contribution in [0.4, 0.5) is 17.1 Å². The third-order valence-corrected chi connectivity index (χ3v) is 8.05. The number of aromatic nitrogens is 2. The van der Waals surface area contributed by atoms with Crippen molar-refractivity contribution in [3.05, 3.63) is 92.5 Å². The van der Waals surface area contributed by atoms with Gasteiger partial charge in [-0.05, 0) is 30.9 Å². The second-order valence-corrected chi connectivity index (χ2v) is 10.8. The maximum atomic E-state index is 14.1. The van der Waals surface area contributed by atoms with Crippen LogP contribution in [0.5, 0.6) is 0 Å². The SMILES string of the molecule is CCC(C)C(O)(C(=O)OCc1ccccc1)C(=O)[C@@H]1CCCN1C(=O)[C@H](Cc1c[nH]cn1)Nc1cccc([N+](=O)[O-])c1[N+](=O)[O-].Cl. The average molecular weight is 659 g/mol. The number of ketones is 1. The van der Waals surface area contributed by atoms with E-state index in [1.54, 1.807) is 44.2 Å². The van der Waals surface area contributed by atoms with E-state index in [-0.39, 0.29) is 50.5 Å². The fourth-order valence-electron chi connectivity index (χ4n) is 5.42. The second kappa shape index (κ2) is 15.4. The molecular formula is C30H35ClN6O9. The highest BCUT2D eigenvalue weighted by molar-refractivity contribution is 6.11. The molecule has 2 heterocycles. The summed E-state index contributed by atoms with van der Waals surface area (Å²) in [6.07, 6.45) is 3.58. The monoisotopic (exact) mass is 658 g/mol. The quantitative estimate of drug-likeness (QED) is 0.0982. The van der Waals surface area contributed by atoms with Gasteiger partial charge in [-0.25, -0.2) is 9.78 Å². The Morgan fingerprint density at radius 3 is 2.48 bits per heavy atom. The Hall–Kier alpha value is -4.89. The average Bonchev–Trinajstić information content (AvgIpc) is 3.74. The van der Waals surface area contributed by atoms with Gasteiger partial charge in [-0.2, -0.15) is 0 Å². The summed E-state index contributed by atoms with van der Waals surface area (Å²) in [6, 6.07) is 9.77. The first kappa shape index (κ1) is 35.6. The molecule has 246 valence electrons. The van der Waals surface area contributed by atoms with Crippen LogP contribution < -0.4 is 5.32 Å². The lowest BCUT2D eigenvalue weighted by Gasteiger charge is -2.35. The number of nitro benzene ring substituents is 2. The van der Waals surface area contributed by atoms with E-state index in [1.807, 2.05) is 0 Å². The number of benzene rings is 2. The summed E-state index contributed by atoms with van der Waals surface area (Å²) in [5, 5.41) is 37.8. The molecule has 15 nitrogen and oxygen atoms in total. The van der Waals surface area contributed by atoms with Crippen molar-refractivity contribution in [2.24, 2.45) is 5.92 Å². The fraction of sp³-hybridized carbons (Fsp3) is 0.400. The molecule has 1 aromatic heterocycles. The van der Waals surface area contributed by atoms with Crippen molar-refractivity contribution in [2.75, 3.05) is 11.9 Å². The lowest BCUT2D eigenvalue weighted by molar-refractivity contribution is -0.421. The predicted octanol–water partition coefficient (Wildman–Crippen LogP) is 3.75. The molecular weight excluding hydrogens is 624 g/mol. The first-order chi connectivity index (χ1) is 21.5. The highest BCUT2D eigenvalue weighted by Gasteiger charge is 2.54. The largest absolute Gasteiger partial charge is 0.458 e. The van der Waals surface area contributed by atoms with Crippen LogP contribution in [0.2, 0.25) is 0 Å². The van der Waals surface area contributed by atoms with Crippen LogP contribution in [-0.2, 0) is 32.1 Å². The molecule has 0 spiro atoms. The molecule has 0 aliphatic carbocycles. The van der Waals surface area contributed by atoms with Gasteiger partial charge in [0.25, 0.3) is 0 Å². The number of halogens is 1. The van der Waals surface area contributed by atoms with Crippen LogP contribution in [0.1, 0.15) is 44.4 Å². The molecule has 0 radical (unpaired) electrons. The molecule has 1 saturated heterocycles. The van der Waals surface area contributed by atoms with E-state index >= 15 is 0 Å². The number of Topliss-reactive ketones (excluding diaryl/α,β-unsaturated/α-hetero) is 1. The molecule has 1 aliphatic heterocycles. The Morgan fingerprint density at radius 2 is 1.87 bits per heavy atom. The smallest absolute Gasteiger partial charge is 0.368 e. The van der Waals surface area contributed by atoms with E-state index in [0.29, 0.717) is 17.7 Å². The Kier molecular flexibility index (Phi) is 11.9. The van der Waals surface area contributed by atoms with Crippen molar-refractivity contribution in [1.29, 1.82) is 0 Å². The Balaban J connectivity index is 0.00000576. The highest BCUT2D eigenvalue weighted by atomic mass is 35.5. The minimum atomic E-state index is -2.55. The van der Waals surface area contributed by atoms with Gasteiger partial charge < -0.3 is 25.0 Å². The molecule has 4 atom stereocenters. The molecule has 0 saturated carbocycles. The first-order valence-electron chi connectivity index (χ1n) is 14.4. The number of nitrogens with one attached hydrogen (secondary N) is 2. The zero-order chi connectivity index (χ0) is 32.7. The van der Waals surface area contributed by atoms with E-state index < -0.39 is 62.5 Å². The number of carbonyl (C=O) groups is 3. The van der Waals surface area contributed by atoms with Gasteiger partial charge in [0.1, 0.15) is 18.3 Å². The van der Waals surface area contributed by atoms with Crippen LogP contribution in [-0.4, -0.2) is 71.7 Å². The van der Waals surface area contributed by atoms with E-state index in [9.17, 15) is 39.7 Å². The Morgan fingerprint density at radius 1 is 1.15 bits per heavy atom. The molecule has 2 aromatic carbocycles. The van der Waals surface area contributed by atoms with E-state index in [4.69, 9.17) is 4.74 Å². The molecule has 46 heavy (non-hydrogen) atoms. The highest BCUT2D eigenvalue weighted by Crippen LogP contribution is 2.36. The Bertz CT molecular complexity index is 1560. The van der Waals surface area contributed by atoms with Crippen molar-refractivity contribution in [3.63, 3.8) is 0 Å². The van der Waals surface area contributed by atoms with Gasteiger partial charge in [-0.3, -0.25) is 29.8 Å². The van der Waals surface area contributed by atoms with Crippen LogP contribution in [0.15, 0.2) is 61.1 Å². The number of aliphatic hydroxyl groups is 1. The summed E-state index contributed by atoms with van der Waals surface area (Å²) >= 11 is 0. The molecule has 1 aliphatic rings. The molecule has 1 amide bonds. The van der Waals surface area contributed by atoms with Crippen molar-refractivity contribution in [1.82, 2.24) is 14.9 Å². The van der Waals surface area contributed by atoms with E-state index in [2.05, 4.69) is 15.3 Å². The molecule has 1 fully saturated rings. The number of imidazole rings is 1. The number of H-pyrrole nitrogens is 1. The molecule has 4 rings (SSSR count). The van der Waals surface area contributed by atoms with E-state index in [0.717, 1.165) is 6.07 Å². The number of aromatic amines is 1. The number of ether oxygens (including phenoxy) is 1. The first-order valence-corrected chi connectivity index (χ1v) is 14.4. The Labute approximate surface area is 270 Å². The van der Waals surface area contributed by atoms with Crippen molar-refractivity contribution in [2.45, 2.75) is 63.8 Å². The maximum Gasteiger partial charge on any atom is 0.368 e. The normalized spacial score (nSPS) is 16.8. The number of hydrogen-bond donors (Lipinski definition) is 3. The zero-order valence-electron chi connectivity index (χ0n) is 25.2. The number of anilines is 1. The summed E-state index contributed by atoms with van der Waals surface area (Å²) in [7, 11) is 0. The van der Waals surface area contributed by atoms with Gasteiger partial charge in [0.2, 0.25) is 11.5 Å². The van der Waals surface area contributed by atoms with Crippen LogP contribution in [0, 0.1) is 26.1 Å². The van der Waals surface area contributed by atoms with Gasteiger partial charge in [-0.1, -0.05) is 50.2 Å². The number of carbonyl (C=O) groups excluding carboxylic acids is 3. The number of nitro groups is 2. The number of para-hydroxylation sites is 1. The zero-order valence-corrected chi connectivity index (χ0v) is 26.0. The second-order valence-electron chi connectivity index (χ2n) is 10.8. The molecule has 2 unspecified atom stereocenters. The summed E-state index contributed by atoms with van der Waals surface area (Å²) in [5.74, 6) is -3.53. The standard InChI is InChI=1S/C30H34N6O9.ClH/c1-3-19(2)30(40,29(39)45-17-20-9-5-4-6-10-20)27(37)25-13-8-14-34(25)28(38)23(15-21-16-31-18-32-21)33-22-11-7-12-24(35(41)42)26(22)36(43)44;/h4-7,9-12,16,18-19,23,25,33,40H,3,8,13-15,17H2,1-2H3,(H,31,32);1H/t19?,23-,25-,30?;/m0./s1. The minimum Gasteiger partial charge on any atom is -0.458 e. The molecule has 3 N–H and O–H groups in total. The van der Waals surface area contributed by atoms with Crippen molar-refractivity contribution >= 4 is 47.1 Å². The van der Waals surface area contributed by atoms with Gasteiger partial charge >= 0.3 is 17.3 Å². The lowest BCUT2D eigenvalue weighted by Crippen LogP contribution is -2.60. The molecule has 16 heteroatoms. The van der Waals surface area contributed by atoms with Crippen LogP contribution in [0.25, 0.3) is 0 Å². The van der Waals surface area contributed by atoms with Crippen molar-refractivity contribution < 1.29 is 34.1 Å². The maximum absolute atomic E-state index is 14.1. The third kappa shape index (κ3) is 7.49. The summed E-state index contributed by atoms with van der Waals surface area (Å²) in [5.41, 5.74) is -3.37. The number of rotatable bonds is 14. The molecule has 0 bridgehead atoms. The number of hydrogen-bond acceptors (Lipinski definition) is 11. The number of likely N-dealkylation sites (tertiary alicyclic amines) is 1. The topological polar surface area (TPSA) is 211 Å². The van der Waals surface area contributed by atoms with Crippen LogP contribution >= 0.6 is 12.4 Å². The summed E-state index contributed by atoms with van der Waals surface area (Å²) < 4.78 is 5.40. The minimum absolute atomic E-state index is 0. The van der Waals surface area contributed by atoms with Gasteiger partial charge in [0, 0.05) is 31.1 Å². The fourth-order valence-corrected chi connectivity index (χ4v) is 5.42. The van der Waals surface area contributed by atoms with Crippen LogP contribution in [0.3, 0.4) is 0 Å². The lowest BCUT2D eigenvalue weighted by atomic mass is 9.79. The number of amides is 1. The van der Waals surface area contributed by atoms with Gasteiger partial charge in [-0.15, -0.1) is 12.4 Å². The van der Waals surface area contributed by atoms with Gasteiger partial charge in [0.05, 0.1) is 27.9 Å². The van der Waals surface area contributed by atoms with Crippen molar-refractivity contribution in [3.8, 4) is 0 Å².